The van der Waals surface area contributed by atoms with Crippen LogP contribution in [0.2, 0.25) is 0 Å². The van der Waals surface area contributed by atoms with Gasteiger partial charge in [-0.05, 0) is 18.6 Å². The fourth-order valence-corrected chi connectivity index (χ4v) is 1.67. The molecule has 104 valence electrons. The van der Waals surface area contributed by atoms with Gasteiger partial charge in [-0.15, -0.1) is 0 Å². The lowest BCUT2D eigenvalue weighted by Gasteiger charge is -2.14. The van der Waals surface area contributed by atoms with Gasteiger partial charge >= 0.3 is 5.97 Å². The van der Waals surface area contributed by atoms with Crippen LogP contribution in [0.4, 0.5) is 0 Å². The molecule has 0 aliphatic rings. The first-order valence-electron chi connectivity index (χ1n) is 5.68. The Morgan fingerprint density at radius 1 is 1.26 bits per heavy atom. The van der Waals surface area contributed by atoms with Gasteiger partial charge in [0.25, 0.3) is 0 Å². The normalized spacial score (nSPS) is 9.84. The summed E-state index contributed by atoms with van der Waals surface area (Å²) in [6, 6.07) is 3.53. The van der Waals surface area contributed by atoms with Crippen molar-refractivity contribution in [2.75, 3.05) is 14.2 Å². The van der Waals surface area contributed by atoms with Crippen LogP contribution < -0.4 is 14.8 Å². The highest BCUT2D eigenvalue weighted by atomic mass is 16.5. The van der Waals surface area contributed by atoms with Crippen LogP contribution in [-0.2, 0) is 16.1 Å². The Labute approximate surface area is 111 Å². The summed E-state index contributed by atoms with van der Waals surface area (Å²) in [5.74, 6) is -0.442. The lowest BCUT2D eigenvalue weighted by atomic mass is 10.1. The fourth-order valence-electron chi connectivity index (χ4n) is 1.67. The van der Waals surface area contributed by atoms with E-state index < -0.39 is 18.3 Å². The number of methoxy groups -OCH3 is 2. The van der Waals surface area contributed by atoms with Crippen LogP contribution in [0.5, 0.6) is 11.5 Å². The molecular weight excluding hydrogens is 250 g/mol. The molecule has 6 heteroatoms. The number of aryl methyl sites for hydroxylation is 1. The second-order valence-electron chi connectivity index (χ2n) is 3.97. The van der Waals surface area contributed by atoms with E-state index in [0.717, 1.165) is 11.1 Å². The van der Waals surface area contributed by atoms with Crippen LogP contribution >= 0.6 is 0 Å². The number of carboxylic acid groups (broad SMARTS) is 1. The Morgan fingerprint density at radius 3 is 2.47 bits per heavy atom. The van der Waals surface area contributed by atoms with E-state index >= 15 is 0 Å². The van der Waals surface area contributed by atoms with Crippen LogP contribution in [0.15, 0.2) is 12.1 Å². The molecule has 19 heavy (non-hydrogen) atoms. The highest BCUT2D eigenvalue weighted by Crippen LogP contribution is 2.28. The highest BCUT2D eigenvalue weighted by Gasteiger charge is 2.12. The first-order chi connectivity index (χ1) is 8.97. The Balaban J connectivity index is 2.83. The summed E-state index contributed by atoms with van der Waals surface area (Å²) in [7, 11) is 3.08. The minimum absolute atomic E-state index is 0.213. The number of hydrogen-bond donors (Lipinski definition) is 2. The predicted octanol–water partition coefficient (Wildman–Crippen LogP) is 1.10. The maximum atomic E-state index is 11.3. The Bertz CT molecular complexity index is 484. The molecule has 0 bridgehead atoms. The van der Waals surface area contributed by atoms with E-state index in [0.29, 0.717) is 11.5 Å². The predicted molar refractivity (Wildman–Crippen MR) is 68.4 cm³/mol. The fraction of sp³-hybridized carbons (Fsp3) is 0.385. The molecule has 0 aliphatic heterocycles. The Morgan fingerprint density at radius 2 is 1.95 bits per heavy atom. The minimum atomic E-state index is -1.16. The van der Waals surface area contributed by atoms with Gasteiger partial charge in [0.2, 0.25) is 5.91 Å². The van der Waals surface area contributed by atoms with Crippen molar-refractivity contribution in [1.29, 1.82) is 0 Å². The molecule has 1 amide bonds. The van der Waals surface area contributed by atoms with Crippen LogP contribution in [-0.4, -0.2) is 31.2 Å². The van der Waals surface area contributed by atoms with Crippen molar-refractivity contribution in [3.8, 4) is 11.5 Å². The van der Waals surface area contributed by atoms with Gasteiger partial charge in [-0.2, -0.15) is 0 Å². The van der Waals surface area contributed by atoms with E-state index in [1.165, 1.54) is 7.11 Å². The maximum Gasteiger partial charge on any atom is 0.312 e. The van der Waals surface area contributed by atoms with E-state index in [1.807, 2.05) is 13.0 Å². The van der Waals surface area contributed by atoms with Crippen LogP contribution in [0, 0.1) is 6.92 Å². The number of benzene rings is 1. The maximum absolute atomic E-state index is 11.3. The van der Waals surface area contributed by atoms with E-state index in [1.54, 1.807) is 13.2 Å². The molecule has 2 N–H and O–H groups in total. The van der Waals surface area contributed by atoms with Gasteiger partial charge in [-0.1, -0.05) is 0 Å². The third kappa shape index (κ3) is 4.17. The molecule has 0 atom stereocenters. The minimum Gasteiger partial charge on any atom is -0.497 e. The number of ether oxygens (including phenoxy) is 2. The smallest absolute Gasteiger partial charge is 0.312 e. The molecule has 0 heterocycles. The van der Waals surface area contributed by atoms with Crippen molar-refractivity contribution < 1.29 is 24.2 Å². The number of hydrogen-bond acceptors (Lipinski definition) is 4. The summed E-state index contributed by atoms with van der Waals surface area (Å²) in [5, 5.41) is 11.0. The van der Waals surface area contributed by atoms with Crippen molar-refractivity contribution in [2.24, 2.45) is 0 Å². The SMILES string of the molecule is COc1cc(C)c(CNC(=O)CC(=O)O)c(OC)c1. The zero-order valence-electron chi connectivity index (χ0n) is 11.1. The molecule has 0 unspecified atom stereocenters. The third-order valence-electron chi connectivity index (χ3n) is 2.64. The average molecular weight is 267 g/mol. The molecule has 0 fully saturated rings. The summed E-state index contributed by atoms with van der Waals surface area (Å²) in [4.78, 5) is 21.7. The molecule has 1 aromatic rings. The molecular formula is C13H17NO5. The van der Waals surface area contributed by atoms with Gasteiger partial charge in [0, 0.05) is 18.2 Å². The van der Waals surface area contributed by atoms with Crippen molar-refractivity contribution in [2.45, 2.75) is 19.9 Å². The molecule has 0 spiro atoms. The average Bonchev–Trinajstić information content (AvgIpc) is 2.35. The number of rotatable bonds is 6. The quantitative estimate of drug-likeness (QED) is 0.754. The number of carbonyl (C=O) groups is 2. The first kappa shape index (κ1) is 14.8. The standard InChI is InChI=1S/C13H17NO5/c1-8-4-9(18-2)5-11(19-3)10(8)7-14-12(15)6-13(16)17/h4-5H,6-7H2,1-3H3,(H,14,15)(H,16,17). The second-order valence-corrected chi connectivity index (χ2v) is 3.97. The summed E-state index contributed by atoms with van der Waals surface area (Å²) in [6.45, 7) is 2.08. The van der Waals surface area contributed by atoms with Gasteiger partial charge in [0.05, 0.1) is 14.2 Å². The molecule has 1 aromatic carbocycles. The summed E-state index contributed by atoms with van der Waals surface area (Å²) >= 11 is 0. The molecule has 0 saturated heterocycles. The molecule has 0 aromatic heterocycles. The van der Waals surface area contributed by atoms with Crippen LogP contribution in [0.25, 0.3) is 0 Å². The van der Waals surface area contributed by atoms with E-state index in [2.05, 4.69) is 5.32 Å². The third-order valence-corrected chi connectivity index (χ3v) is 2.64. The second kappa shape index (κ2) is 6.63. The lowest BCUT2D eigenvalue weighted by molar-refractivity contribution is -0.140. The molecule has 6 nitrogen and oxygen atoms in total. The zero-order valence-corrected chi connectivity index (χ0v) is 11.1. The van der Waals surface area contributed by atoms with Gasteiger partial charge in [0.15, 0.2) is 0 Å². The van der Waals surface area contributed by atoms with Gasteiger partial charge in [0.1, 0.15) is 17.9 Å². The largest absolute Gasteiger partial charge is 0.497 e. The molecule has 0 saturated carbocycles. The van der Waals surface area contributed by atoms with Crippen LogP contribution in [0.3, 0.4) is 0 Å². The van der Waals surface area contributed by atoms with Crippen molar-refractivity contribution in [3.63, 3.8) is 0 Å². The summed E-state index contributed by atoms with van der Waals surface area (Å²) < 4.78 is 10.4. The monoisotopic (exact) mass is 267 g/mol. The number of amides is 1. The summed E-state index contributed by atoms with van der Waals surface area (Å²) in [5.41, 5.74) is 1.69. The number of aliphatic carboxylic acids is 1. The Hall–Kier alpha value is -2.24. The van der Waals surface area contributed by atoms with E-state index in [9.17, 15) is 9.59 Å². The number of nitrogens with one attached hydrogen (secondary N) is 1. The van der Waals surface area contributed by atoms with Crippen molar-refractivity contribution >= 4 is 11.9 Å². The zero-order chi connectivity index (χ0) is 14.4. The Kier molecular flexibility index (Phi) is 5.17. The van der Waals surface area contributed by atoms with Gasteiger partial charge in [-0.3, -0.25) is 9.59 Å². The van der Waals surface area contributed by atoms with Crippen molar-refractivity contribution in [1.82, 2.24) is 5.32 Å². The molecule has 0 aliphatic carbocycles. The summed E-state index contributed by atoms with van der Waals surface area (Å²) in [6.07, 6.45) is -0.544. The van der Waals surface area contributed by atoms with Crippen LogP contribution in [0.1, 0.15) is 17.5 Å². The van der Waals surface area contributed by atoms with Gasteiger partial charge in [-0.25, -0.2) is 0 Å². The number of carboxylic acids is 1. The van der Waals surface area contributed by atoms with E-state index in [-0.39, 0.29) is 6.54 Å². The molecule has 0 radical (unpaired) electrons. The first-order valence-corrected chi connectivity index (χ1v) is 5.68. The van der Waals surface area contributed by atoms with Crippen molar-refractivity contribution in [3.05, 3.63) is 23.3 Å². The molecule has 1 rings (SSSR count). The highest BCUT2D eigenvalue weighted by molar-refractivity contribution is 5.93. The topological polar surface area (TPSA) is 84.9 Å². The van der Waals surface area contributed by atoms with Gasteiger partial charge < -0.3 is 19.9 Å². The number of carbonyl (C=O) groups excluding carboxylic acids is 1. The lowest BCUT2D eigenvalue weighted by Crippen LogP contribution is -2.25. The van der Waals surface area contributed by atoms with E-state index in [4.69, 9.17) is 14.6 Å².